The SMILES string of the molecule is C/C=C\C(C)(Cl)C1CO[C@@H](Cn2cncn2)CN1C1CCNCC1. The van der Waals surface area contributed by atoms with Crippen LogP contribution in [0.15, 0.2) is 24.8 Å². The quantitative estimate of drug-likeness (QED) is 0.644. The summed E-state index contributed by atoms with van der Waals surface area (Å²) in [5, 5.41) is 7.66. The van der Waals surface area contributed by atoms with Crippen LogP contribution < -0.4 is 5.32 Å². The second kappa shape index (κ2) is 7.95. The fraction of sp³-hybridized carbons (Fsp3) is 0.765. The van der Waals surface area contributed by atoms with Gasteiger partial charge < -0.3 is 10.1 Å². The van der Waals surface area contributed by atoms with Crippen molar-refractivity contribution in [3.8, 4) is 0 Å². The Balaban J connectivity index is 1.74. The number of allylic oxidation sites excluding steroid dienone is 1. The molecule has 2 saturated heterocycles. The lowest BCUT2D eigenvalue weighted by Crippen LogP contribution is -2.62. The van der Waals surface area contributed by atoms with Gasteiger partial charge in [0.15, 0.2) is 0 Å². The fourth-order valence-corrected chi connectivity index (χ4v) is 4.16. The van der Waals surface area contributed by atoms with Gasteiger partial charge in [-0.2, -0.15) is 5.10 Å². The number of nitrogens with one attached hydrogen (secondary N) is 1. The van der Waals surface area contributed by atoms with Crippen LogP contribution in [-0.2, 0) is 11.3 Å². The number of rotatable bonds is 5. The number of nitrogens with zero attached hydrogens (tertiary/aromatic N) is 4. The number of morpholine rings is 1. The van der Waals surface area contributed by atoms with Crippen LogP contribution in [0.4, 0.5) is 0 Å². The minimum Gasteiger partial charge on any atom is -0.373 e. The van der Waals surface area contributed by atoms with Gasteiger partial charge in [0.1, 0.15) is 12.7 Å². The molecule has 1 N–H and O–H groups in total. The molecule has 2 aliphatic heterocycles. The standard InChI is InChI=1S/C17H28ClN5O/c1-3-6-17(2,18)16-11-24-15(9-22-13-20-12-21-22)10-23(16)14-4-7-19-8-5-14/h3,6,12-16,19H,4-5,7-11H2,1-2H3/b6-3-/t15-,16?,17?/m0/s1. The molecule has 3 atom stereocenters. The molecule has 0 amide bonds. The van der Waals surface area contributed by atoms with E-state index < -0.39 is 4.87 Å². The monoisotopic (exact) mass is 353 g/mol. The maximum absolute atomic E-state index is 6.87. The van der Waals surface area contributed by atoms with Crippen molar-refractivity contribution in [1.29, 1.82) is 0 Å². The highest BCUT2D eigenvalue weighted by atomic mass is 35.5. The molecule has 0 saturated carbocycles. The zero-order chi connectivity index (χ0) is 17.0. The van der Waals surface area contributed by atoms with Gasteiger partial charge >= 0.3 is 0 Å². The lowest BCUT2D eigenvalue weighted by atomic mass is 9.93. The van der Waals surface area contributed by atoms with E-state index in [2.05, 4.69) is 33.3 Å². The lowest BCUT2D eigenvalue weighted by molar-refractivity contribution is -0.0947. The second-order valence-electron chi connectivity index (χ2n) is 6.92. The van der Waals surface area contributed by atoms with Crippen molar-refractivity contribution in [2.24, 2.45) is 0 Å². The molecule has 3 rings (SSSR count). The predicted molar refractivity (Wildman–Crippen MR) is 95.2 cm³/mol. The molecule has 0 aliphatic carbocycles. The summed E-state index contributed by atoms with van der Waals surface area (Å²) < 4.78 is 8.00. The maximum Gasteiger partial charge on any atom is 0.137 e. The Kier molecular flexibility index (Phi) is 5.92. The molecule has 1 aromatic heterocycles. The lowest BCUT2D eigenvalue weighted by Gasteiger charge is -2.49. The molecule has 2 fully saturated rings. The molecular weight excluding hydrogens is 326 g/mol. The fourth-order valence-electron chi connectivity index (χ4n) is 3.85. The Morgan fingerprint density at radius 2 is 2.21 bits per heavy atom. The average molecular weight is 354 g/mol. The summed E-state index contributed by atoms with van der Waals surface area (Å²) >= 11 is 6.87. The molecule has 0 aromatic carbocycles. The zero-order valence-corrected chi connectivity index (χ0v) is 15.3. The molecule has 2 aliphatic rings. The number of hydrogen-bond acceptors (Lipinski definition) is 5. The van der Waals surface area contributed by atoms with Crippen LogP contribution >= 0.6 is 11.6 Å². The van der Waals surface area contributed by atoms with Crippen LogP contribution in [0.3, 0.4) is 0 Å². The minimum absolute atomic E-state index is 0.121. The van der Waals surface area contributed by atoms with Crippen LogP contribution in [0.2, 0.25) is 0 Å². The third-order valence-electron chi connectivity index (χ3n) is 5.08. The van der Waals surface area contributed by atoms with Crippen molar-refractivity contribution in [2.45, 2.75) is 56.3 Å². The van der Waals surface area contributed by atoms with Crippen LogP contribution in [0.25, 0.3) is 0 Å². The van der Waals surface area contributed by atoms with E-state index >= 15 is 0 Å². The van der Waals surface area contributed by atoms with E-state index in [4.69, 9.17) is 16.3 Å². The van der Waals surface area contributed by atoms with Gasteiger partial charge in [0.2, 0.25) is 0 Å². The van der Waals surface area contributed by atoms with E-state index in [1.807, 2.05) is 17.7 Å². The molecule has 0 spiro atoms. The van der Waals surface area contributed by atoms with E-state index in [1.54, 1.807) is 12.7 Å². The van der Waals surface area contributed by atoms with Crippen molar-refractivity contribution in [2.75, 3.05) is 26.2 Å². The Morgan fingerprint density at radius 1 is 1.42 bits per heavy atom. The third-order valence-corrected chi connectivity index (χ3v) is 5.46. The van der Waals surface area contributed by atoms with Gasteiger partial charge in [-0.15, -0.1) is 11.6 Å². The number of piperidine rings is 1. The van der Waals surface area contributed by atoms with Gasteiger partial charge in [-0.05, 0) is 39.8 Å². The highest BCUT2D eigenvalue weighted by Crippen LogP contribution is 2.32. The Morgan fingerprint density at radius 3 is 2.88 bits per heavy atom. The van der Waals surface area contributed by atoms with E-state index in [1.165, 1.54) is 0 Å². The summed E-state index contributed by atoms with van der Waals surface area (Å²) in [4.78, 5) is 6.18. The molecule has 0 bridgehead atoms. The van der Waals surface area contributed by atoms with Crippen LogP contribution in [0, 0.1) is 0 Å². The zero-order valence-electron chi connectivity index (χ0n) is 14.6. The molecule has 7 heteroatoms. The number of hydrogen-bond donors (Lipinski definition) is 1. The van der Waals surface area contributed by atoms with E-state index in [-0.39, 0.29) is 12.1 Å². The molecule has 1 aromatic rings. The van der Waals surface area contributed by atoms with Crippen LogP contribution in [-0.4, -0.2) is 69.0 Å². The van der Waals surface area contributed by atoms with E-state index in [0.29, 0.717) is 12.6 Å². The van der Waals surface area contributed by atoms with Crippen molar-refractivity contribution in [3.05, 3.63) is 24.8 Å². The van der Waals surface area contributed by atoms with Gasteiger partial charge in [-0.1, -0.05) is 12.2 Å². The maximum atomic E-state index is 6.87. The summed E-state index contributed by atoms with van der Waals surface area (Å²) in [6.07, 6.45) is 9.89. The molecule has 2 unspecified atom stereocenters. The van der Waals surface area contributed by atoms with E-state index in [9.17, 15) is 0 Å². The number of aromatic nitrogens is 3. The molecular formula is C17H28ClN5O. The summed E-state index contributed by atoms with van der Waals surface area (Å²) in [6.45, 7) is 8.52. The van der Waals surface area contributed by atoms with Crippen molar-refractivity contribution < 1.29 is 4.74 Å². The number of ether oxygens (including phenoxy) is 1. The average Bonchev–Trinajstić information content (AvgIpc) is 3.08. The van der Waals surface area contributed by atoms with Gasteiger partial charge in [0.05, 0.1) is 30.2 Å². The second-order valence-corrected chi connectivity index (χ2v) is 7.73. The van der Waals surface area contributed by atoms with Gasteiger partial charge in [0.25, 0.3) is 0 Å². The molecule has 3 heterocycles. The molecule has 0 radical (unpaired) electrons. The van der Waals surface area contributed by atoms with Crippen molar-refractivity contribution >= 4 is 11.6 Å². The first-order valence-electron chi connectivity index (χ1n) is 8.83. The molecule has 134 valence electrons. The summed E-state index contributed by atoms with van der Waals surface area (Å²) in [7, 11) is 0. The Bertz CT molecular complexity index is 527. The minimum atomic E-state index is -0.419. The van der Waals surface area contributed by atoms with Crippen molar-refractivity contribution in [1.82, 2.24) is 25.0 Å². The highest BCUT2D eigenvalue weighted by molar-refractivity contribution is 6.25. The Labute approximate surface area is 149 Å². The van der Waals surface area contributed by atoms with E-state index in [0.717, 1.165) is 39.0 Å². The number of alkyl halides is 1. The summed E-state index contributed by atoms with van der Waals surface area (Å²) in [6, 6.07) is 0.743. The van der Waals surface area contributed by atoms with Gasteiger partial charge in [0, 0.05) is 12.6 Å². The predicted octanol–water partition coefficient (Wildman–Crippen LogP) is 1.67. The van der Waals surface area contributed by atoms with Gasteiger partial charge in [-0.25, -0.2) is 4.98 Å². The first-order valence-corrected chi connectivity index (χ1v) is 9.21. The Hall–Kier alpha value is -0.950. The highest BCUT2D eigenvalue weighted by Gasteiger charge is 2.42. The van der Waals surface area contributed by atoms with Gasteiger partial charge in [-0.3, -0.25) is 9.58 Å². The summed E-state index contributed by atoms with van der Waals surface area (Å²) in [5.74, 6) is 0. The van der Waals surface area contributed by atoms with Crippen molar-refractivity contribution in [3.63, 3.8) is 0 Å². The molecule has 6 nitrogen and oxygen atoms in total. The smallest absolute Gasteiger partial charge is 0.137 e. The first kappa shape index (κ1) is 17.9. The van der Waals surface area contributed by atoms with Crippen LogP contribution in [0.5, 0.6) is 0 Å². The first-order chi connectivity index (χ1) is 11.6. The number of halogens is 1. The third kappa shape index (κ3) is 4.17. The topological polar surface area (TPSA) is 55.2 Å². The largest absolute Gasteiger partial charge is 0.373 e. The molecule has 24 heavy (non-hydrogen) atoms. The summed E-state index contributed by atoms with van der Waals surface area (Å²) in [5.41, 5.74) is 0. The van der Waals surface area contributed by atoms with Crippen LogP contribution in [0.1, 0.15) is 26.7 Å². The normalized spacial score (nSPS) is 29.8.